The lowest BCUT2D eigenvalue weighted by atomic mass is 9.99. The van der Waals surface area contributed by atoms with Crippen molar-refractivity contribution in [3.8, 4) is 0 Å². The van der Waals surface area contributed by atoms with Crippen molar-refractivity contribution >= 4 is 6.16 Å². The first kappa shape index (κ1) is 14.3. The highest BCUT2D eigenvalue weighted by atomic mass is 16.7. The minimum absolute atomic E-state index is 0.381. The molecule has 0 aromatic rings. The number of hydrogen-bond acceptors (Lipinski definition) is 3. The summed E-state index contributed by atoms with van der Waals surface area (Å²) in [4.78, 5) is 10.8. The summed E-state index contributed by atoms with van der Waals surface area (Å²) in [5.74, 6) is 0.789. The molecule has 0 spiro atoms. The zero-order valence-corrected chi connectivity index (χ0v) is 10.3. The van der Waals surface area contributed by atoms with Gasteiger partial charge in [0, 0.05) is 0 Å². The van der Waals surface area contributed by atoms with Crippen LogP contribution in [-0.4, -0.2) is 19.4 Å². The number of hydrogen-bond donors (Lipinski definition) is 0. The van der Waals surface area contributed by atoms with Crippen LogP contribution in [0.15, 0.2) is 0 Å². The first-order chi connectivity index (χ1) is 7.20. The topological polar surface area (TPSA) is 35.5 Å². The van der Waals surface area contributed by atoms with Crippen LogP contribution in [0.3, 0.4) is 0 Å². The number of carbonyl (C=O) groups excluding carboxylic acids is 1. The van der Waals surface area contributed by atoms with Crippen LogP contribution in [0.25, 0.3) is 0 Å². The molecule has 0 aliphatic heterocycles. The molecule has 0 aromatic heterocycles. The Morgan fingerprint density at radius 1 is 1.13 bits per heavy atom. The van der Waals surface area contributed by atoms with Gasteiger partial charge >= 0.3 is 6.16 Å². The average Bonchev–Trinajstić information content (AvgIpc) is 2.18. The Hall–Kier alpha value is -0.730. The van der Waals surface area contributed by atoms with Crippen LogP contribution in [0, 0.1) is 5.92 Å². The van der Waals surface area contributed by atoms with Gasteiger partial charge < -0.3 is 9.47 Å². The summed E-state index contributed by atoms with van der Waals surface area (Å²) < 4.78 is 9.51. The molecule has 0 fully saturated rings. The van der Waals surface area contributed by atoms with E-state index in [1.165, 1.54) is 19.3 Å². The second kappa shape index (κ2) is 9.81. The van der Waals surface area contributed by atoms with Crippen molar-refractivity contribution < 1.29 is 14.3 Å². The smallest absolute Gasteiger partial charge is 0.435 e. The molecule has 0 saturated heterocycles. The summed E-state index contributed by atoms with van der Waals surface area (Å²) in [6.07, 6.45) is 5.28. The van der Waals surface area contributed by atoms with Crippen molar-refractivity contribution in [3.05, 3.63) is 0 Å². The van der Waals surface area contributed by atoms with E-state index in [-0.39, 0.29) is 0 Å². The highest BCUT2D eigenvalue weighted by molar-refractivity contribution is 5.59. The summed E-state index contributed by atoms with van der Waals surface area (Å²) in [5.41, 5.74) is 0. The second-order valence-electron chi connectivity index (χ2n) is 3.92. The molecule has 0 aliphatic carbocycles. The Balaban J connectivity index is 3.20. The lowest BCUT2D eigenvalue weighted by Crippen LogP contribution is -2.08. The molecule has 0 rings (SSSR count). The standard InChI is InChI=1S/C12H24O3/c1-4-8-11(3)9-6-7-10-15-12(13)14-5-2/h11H,4-10H2,1-3H3. The molecule has 15 heavy (non-hydrogen) atoms. The molecule has 0 radical (unpaired) electrons. The van der Waals surface area contributed by atoms with E-state index in [0.717, 1.165) is 18.8 Å². The van der Waals surface area contributed by atoms with Crippen molar-refractivity contribution in [2.24, 2.45) is 5.92 Å². The zero-order valence-electron chi connectivity index (χ0n) is 10.3. The molecule has 0 amide bonds. The third-order valence-corrected chi connectivity index (χ3v) is 2.35. The van der Waals surface area contributed by atoms with Crippen LogP contribution >= 0.6 is 0 Å². The van der Waals surface area contributed by atoms with Gasteiger partial charge in [0.05, 0.1) is 13.2 Å². The van der Waals surface area contributed by atoms with Gasteiger partial charge in [0.2, 0.25) is 0 Å². The van der Waals surface area contributed by atoms with E-state index >= 15 is 0 Å². The Morgan fingerprint density at radius 2 is 1.87 bits per heavy atom. The van der Waals surface area contributed by atoms with Gasteiger partial charge in [-0.15, -0.1) is 0 Å². The van der Waals surface area contributed by atoms with Crippen molar-refractivity contribution in [1.82, 2.24) is 0 Å². The first-order valence-corrected chi connectivity index (χ1v) is 6.00. The Labute approximate surface area is 93.1 Å². The van der Waals surface area contributed by atoms with Gasteiger partial charge in [0.25, 0.3) is 0 Å². The normalized spacial score (nSPS) is 12.2. The number of carbonyl (C=O) groups is 1. The maximum absolute atomic E-state index is 10.8. The molecule has 1 atom stereocenters. The van der Waals surface area contributed by atoms with Gasteiger partial charge in [-0.1, -0.05) is 33.1 Å². The van der Waals surface area contributed by atoms with Crippen molar-refractivity contribution in [2.45, 2.75) is 52.9 Å². The van der Waals surface area contributed by atoms with Crippen LogP contribution in [0.5, 0.6) is 0 Å². The molecule has 0 saturated carbocycles. The third-order valence-electron chi connectivity index (χ3n) is 2.35. The Kier molecular flexibility index (Phi) is 9.33. The maximum Gasteiger partial charge on any atom is 0.508 e. The maximum atomic E-state index is 10.8. The number of rotatable bonds is 8. The fourth-order valence-corrected chi connectivity index (χ4v) is 1.55. The molecule has 3 heteroatoms. The molecule has 90 valence electrons. The summed E-state index contributed by atoms with van der Waals surface area (Å²) in [5, 5.41) is 0. The van der Waals surface area contributed by atoms with Crippen LogP contribution in [-0.2, 0) is 9.47 Å². The minimum atomic E-state index is -0.542. The average molecular weight is 216 g/mol. The monoisotopic (exact) mass is 216 g/mol. The van der Waals surface area contributed by atoms with E-state index in [9.17, 15) is 4.79 Å². The fraction of sp³-hybridized carbons (Fsp3) is 0.917. The molecule has 0 aromatic carbocycles. The SMILES string of the molecule is CCCC(C)CCCCOC(=O)OCC. The summed E-state index contributed by atoms with van der Waals surface area (Å²) in [6, 6.07) is 0. The fourth-order valence-electron chi connectivity index (χ4n) is 1.55. The van der Waals surface area contributed by atoms with Gasteiger partial charge in [-0.2, -0.15) is 0 Å². The van der Waals surface area contributed by atoms with Crippen molar-refractivity contribution in [1.29, 1.82) is 0 Å². The molecule has 0 bridgehead atoms. The van der Waals surface area contributed by atoms with Crippen molar-refractivity contribution in [3.63, 3.8) is 0 Å². The molecule has 1 unspecified atom stereocenters. The highest BCUT2D eigenvalue weighted by Crippen LogP contribution is 2.13. The zero-order chi connectivity index (χ0) is 11.5. The van der Waals surface area contributed by atoms with E-state index in [0.29, 0.717) is 13.2 Å². The van der Waals surface area contributed by atoms with Crippen LogP contribution in [0.1, 0.15) is 52.9 Å². The minimum Gasteiger partial charge on any atom is -0.435 e. The molecule has 0 N–H and O–H groups in total. The molecule has 0 aliphatic rings. The van der Waals surface area contributed by atoms with Gasteiger partial charge in [0.15, 0.2) is 0 Å². The van der Waals surface area contributed by atoms with Gasteiger partial charge in [-0.25, -0.2) is 4.79 Å². The second-order valence-corrected chi connectivity index (χ2v) is 3.92. The van der Waals surface area contributed by atoms with E-state index < -0.39 is 6.16 Å². The molecule has 0 heterocycles. The van der Waals surface area contributed by atoms with Gasteiger partial charge in [-0.3, -0.25) is 0 Å². The third kappa shape index (κ3) is 9.57. The number of ether oxygens (including phenoxy) is 2. The van der Waals surface area contributed by atoms with Crippen molar-refractivity contribution in [2.75, 3.05) is 13.2 Å². The van der Waals surface area contributed by atoms with E-state index in [1.54, 1.807) is 6.92 Å². The largest absolute Gasteiger partial charge is 0.508 e. The van der Waals surface area contributed by atoms with E-state index in [1.807, 2.05) is 0 Å². The van der Waals surface area contributed by atoms with Crippen LogP contribution in [0.2, 0.25) is 0 Å². The van der Waals surface area contributed by atoms with Gasteiger partial charge in [0.1, 0.15) is 0 Å². The van der Waals surface area contributed by atoms with E-state index in [4.69, 9.17) is 4.74 Å². The lowest BCUT2D eigenvalue weighted by molar-refractivity contribution is 0.0576. The molecular weight excluding hydrogens is 192 g/mol. The van der Waals surface area contributed by atoms with Gasteiger partial charge in [-0.05, 0) is 25.7 Å². The summed E-state index contributed by atoms with van der Waals surface area (Å²) in [6.45, 7) is 7.12. The van der Waals surface area contributed by atoms with E-state index in [2.05, 4.69) is 18.6 Å². The lowest BCUT2D eigenvalue weighted by Gasteiger charge is -2.09. The van der Waals surface area contributed by atoms with Crippen LogP contribution < -0.4 is 0 Å². The molecular formula is C12H24O3. The quantitative estimate of drug-likeness (QED) is 0.457. The summed E-state index contributed by atoms with van der Waals surface area (Å²) >= 11 is 0. The predicted octanol–water partition coefficient (Wildman–Crippen LogP) is 3.77. The molecule has 3 nitrogen and oxygen atoms in total. The summed E-state index contributed by atoms with van der Waals surface area (Å²) in [7, 11) is 0. The Bertz CT molecular complexity index is 157. The highest BCUT2D eigenvalue weighted by Gasteiger charge is 2.03. The van der Waals surface area contributed by atoms with Crippen LogP contribution in [0.4, 0.5) is 4.79 Å². The predicted molar refractivity (Wildman–Crippen MR) is 60.9 cm³/mol. The Morgan fingerprint density at radius 3 is 2.47 bits per heavy atom. The number of unbranched alkanes of at least 4 members (excludes halogenated alkanes) is 1. The first-order valence-electron chi connectivity index (χ1n) is 6.00.